The minimum Gasteiger partial charge on any atom is -0.275 e. The Labute approximate surface area is 185 Å². The van der Waals surface area contributed by atoms with E-state index >= 15 is 0 Å². The van der Waals surface area contributed by atoms with Crippen LogP contribution < -0.4 is 0 Å². The predicted molar refractivity (Wildman–Crippen MR) is 130 cm³/mol. The van der Waals surface area contributed by atoms with Gasteiger partial charge in [-0.3, -0.25) is 4.57 Å². The standard InChI is InChI=1S/C28H31N3/c1-27(2,3)22-16-12-20(13-17-22)25-29-30-26(31(25)24-10-8-7-9-11-24)21-14-18-23(19-15-21)28(4,5)6/h7-19H,1-6H3. The first-order chi connectivity index (χ1) is 14.6. The van der Waals surface area contributed by atoms with E-state index in [4.69, 9.17) is 0 Å². The van der Waals surface area contributed by atoms with E-state index in [1.54, 1.807) is 0 Å². The number of rotatable bonds is 3. The average molecular weight is 410 g/mol. The van der Waals surface area contributed by atoms with Crippen molar-refractivity contribution in [3.05, 3.63) is 90.0 Å². The summed E-state index contributed by atoms with van der Waals surface area (Å²) in [6.45, 7) is 13.4. The SMILES string of the molecule is CC(C)(C)c1ccc(-c2nnc(-c3ccc(C(C)(C)C)cc3)n2-c2ccccc2)cc1. The summed E-state index contributed by atoms with van der Waals surface area (Å²) in [5.74, 6) is 1.70. The molecule has 0 aliphatic heterocycles. The summed E-state index contributed by atoms with van der Waals surface area (Å²) in [6.07, 6.45) is 0. The minimum atomic E-state index is 0.117. The molecule has 0 atom stereocenters. The van der Waals surface area contributed by atoms with E-state index in [0.29, 0.717) is 0 Å². The summed E-state index contributed by atoms with van der Waals surface area (Å²) < 4.78 is 2.15. The molecule has 0 saturated carbocycles. The van der Waals surface area contributed by atoms with Gasteiger partial charge in [-0.15, -0.1) is 10.2 Å². The first kappa shape index (κ1) is 21.0. The van der Waals surface area contributed by atoms with Gasteiger partial charge in [0.2, 0.25) is 0 Å². The summed E-state index contributed by atoms with van der Waals surface area (Å²) >= 11 is 0. The molecule has 0 unspecified atom stereocenters. The van der Waals surface area contributed by atoms with Gasteiger partial charge in [0.05, 0.1) is 0 Å². The fraction of sp³-hybridized carbons (Fsp3) is 0.286. The summed E-state index contributed by atoms with van der Waals surface area (Å²) in [7, 11) is 0. The van der Waals surface area contributed by atoms with Crippen LogP contribution in [0.4, 0.5) is 0 Å². The highest BCUT2D eigenvalue weighted by molar-refractivity contribution is 5.67. The van der Waals surface area contributed by atoms with Crippen LogP contribution in [-0.4, -0.2) is 14.8 Å². The number of hydrogen-bond acceptors (Lipinski definition) is 2. The topological polar surface area (TPSA) is 30.7 Å². The molecule has 0 fully saturated rings. The summed E-state index contributed by atoms with van der Waals surface area (Å²) in [4.78, 5) is 0. The third kappa shape index (κ3) is 4.32. The van der Waals surface area contributed by atoms with Gasteiger partial charge < -0.3 is 0 Å². The molecule has 1 heterocycles. The predicted octanol–water partition coefficient (Wildman–Crippen LogP) is 7.20. The van der Waals surface area contributed by atoms with E-state index < -0.39 is 0 Å². The lowest BCUT2D eigenvalue weighted by Gasteiger charge is -2.19. The zero-order valence-electron chi connectivity index (χ0n) is 19.3. The van der Waals surface area contributed by atoms with Crippen molar-refractivity contribution in [1.82, 2.24) is 14.8 Å². The van der Waals surface area contributed by atoms with Gasteiger partial charge >= 0.3 is 0 Å². The van der Waals surface area contributed by atoms with Crippen molar-refractivity contribution < 1.29 is 0 Å². The smallest absolute Gasteiger partial charge is 0.168 e. The maximum Gasteiger partial charge on any atom is 0.168 e. The third-order valence-electron chi connectivity index (χ3n) is 5.70. The molecule has 0 N–H and O–H groups in total. The molecule has 0 spiro atoms. The molecule has 3 aromatic carbocycles. The van der Waals surface area contributed by atoms with Crippen molar-refractivity contribution in [1.29, 1.82) is 0 Å². The highest BCUT2D eigenvalue weighted by atomic mass is 15.3. The van der Waals surface area contributed by atoms with Gasteiger partial charge in [0.25, 0.3) is 0 Å². The molecule has 4 aromatic rings. The van der Waals surface area contributed by atoms with Gasteiger partial charge in [-0.1, -0.05) is 108 Å². The van der Waals surface area contributed by atoms with E-state index in [1.165, 1.54) is 11.1 Å². The lowest BCUT2D eigenvalue weighted by molar-refractivity contribution is 0.590. The van der Waals surface area contributed by atoms with Gasteiger partial charge in [-0.05, 0) is 34.1 Å². The molecule has 0 aliphatic rings. The van der Waals surface area contributed by atoms with Crippen LogP contribution in [0.1, 0.15) is 52.7 Å². The van der Waals surface area contributed by atoms with Crippen LogP contribution in [0.15, 0.2) is 78.9 Å². The Hall–Kier alpha value is -3.20. The Balaban J connectivity index is 1.84. The van der Waals surface area contributed by atoms with Crippen LogP contribution in [-0.2, 0) is 10.8 Å². The number of para-hydroxylation sites is 1. The molecule has 31 heavy (non-hydrogen) atoms. The van der Waals surface area contributed by atoms with Gasteiger partial charge in [0.15, 0.2) is 11.6 Å². The van der Waals surface area contributed by atoms with E-state index in [2.05, 4.69) is 117 Å². The van der Waals surface area contributed by atoms with E-state index in [-0.39, 0.29) is 10.8 Å². The van der Waals surface area contributed by atoms with E-state index in [9.17, 15) is 0 Å². The van der Waals surface area contributed by atoms with Crippen molar-refractivity contribution in [3.8, 4) is 28.5 Å². The fourth-order valence-electron chi connectivity index (χ4n) is 3.72. The highest BCUT2D eigenvalue weighted by Gasteiger charge is 2.20. The Morgan fingerprint density at radius 1 is 0.516 bits per heavy atom. The minimum absolute atomic E-state index is 0.117. The number of hydrogen-bond donors (Lipinski definition) is 0. The second-order valence-corrected chi connectivity index (χ2v) is 10.2. The lowest BCUT2D eigenvalue weighted by Crippen LogP contribution is -2.10. The van der Waals surface area contributed by atoms with Crippen molar-refractivity contribution in [3.63, 3.8) is 0 Å². The summed E-state index contributed by atoms with van der Waals surface area (Å²) in [5.41, 5.74) is 6.01. The molecule has 0 aliphatic carbocycles. The second kappa shape index (κ2) is 7.81. The first-order valence-electron chi connectivity index (χ1n) is 10.9. The van der Waals surface area contributed by atoms with E-state index in [0.717, 1.165) is 28.5 Å². The normalized spacial score (nSPS) is 12.2. The highest BCUT2D eigenvalue weighted by Crippen LogP contribution is 2.31. The molecule has 0 saturated heterocycles. The van der Waals surface area contributed by atoms with Gasteiger partial charge in [-0.2, -0.15) is 0 Å². The van der Waals surface area contributed by atoms with Crippen LogP contribution in [0.2, 0.25) is 0 Å². The zero-order chi connectivity index (χ0) is 22.2. The van der Waals surface area contributed by atoms with Crippen molar-refractivity contribution >= 4 is 0 Å². The van der Waals surface area contributed by atoms with E-state index in [1.807, 2.05) is 18.2 Å². The number of benzene rings is 3. The van der Waals surface area contributed by atoms with Crippen LogP contribution >= 0.6 is 0 Å². The quantitative estimate of drug-likeness (QED) is 0.358. The molecule has 0 amide bonds. The van der Waals surface area contributed by atoms with Crippen LogP contribution in [0, 0.1) is 0 Å². The molecule has 3 nitrogen and oxygen atoms in total. The molecular weight excluding hydrogens is 378 g/mol. The Kier molecular flexibility index (Phi) is 5.30. The molecule has 158 valence electrons. The van der Waals surface area contributed by atoms with Gasteiger partial charge in [0, 0.05) is 16.8 Å². The number of aromatic nitrogens is 3. The monoisotopic (exact) mass is 409 g/mol. The van der Waals surface area contributed by atoms with Crippen molar-refractivity contribution in [2.45, 2.75) is 52.4 Å². The van der Waals surface area contributed by atoms with Gasteiger partial charge in [-0.25, -0.2) is 0 Å². The third-order valence-corrected chi connectivity index (χ3v) is 5.70. The number of nitrogens with zero attached hydrogens (tertiary/aromatic N) is 3. The zero-order valence-corrected chi connectivity index (χ0v) is 19.3. The molecule has 1 aromatic heterocycles. The first-order valence-corrected chi connectivity index (χ1v) is 10.9. The Bertz CT molecular complexity index is 1080. The average Bonchev–Trinajstić information content (AvgIpc) is 3.18. The molecular formula is C28H31N3. The van der Waals surface area contributed by atoms with Crippen molar-refractivity contribution in [2.75, 3.05) is 0 Å². The molecule has 0 bridgehead atoms. The van der Waals surface area contributed by atoms with Crippen molar-refractivity contribution in [2.24, 2.45) is 0 Å². The fourth-order valence-corrected chi connectivity index (χ4v) is 3.72. The van der Waals surface area contributed by atoms with Gasteiger partial charge in [0.1, 0.15) is 0 Å². The lowest BCUT2D eigenvalue weighted by atomic mass is 9.86. The Morgan fingerprint density at radius 2 is 0.903 bits per heavy atom. The van der Waals surface area contributed by atoms with Crippen LogP contribution in [0.5, 0.6) is 0 Å². The molecule has 0 radical (unpaired) electrons. The van der Waals surface area contributed by atoms with Crippen LogP contribution in [0.25, 0.3) is 28.5 Å². The second-order valence-electron chi connectivity index (χ2n) is 10.2. The molecule has 4 rings (SSSR count). The maximum atomic E-state index is 4.62. The Morgan fingerprint density at radius 3 is 1.26 bits per heavy atom. The molecule has 3 heteroatoms. The van der Waals surface area contributed by atoms with Crippen LogP contribution in [0.3, 0.4) is 0 Å². The summed E-state index contributed by atoms with van der Waals surface area (Å²) in [5, 5.41) is 9.23. The maximum absolute atomic E-state index is 4.62. The summed E-state index contributed by atoms with van der Waals surface area (Å²) in [6, 6.07) is 27.7. The largest absolute Gasteiger partial charge is 0.275 e.